The van der Waals surface area contributed by atoms with E-state index in [1.54, 1.807) is 5.56 Å². The molecule has 2 aliphatic carbocycles. The number of nitrogens with zero attached hydrogens (tertiary/aromatic N) is 2. The van der Waals surface area contributed by atoms with Crippen molar-refractivity contribution in [2.75, 3.05) is 9.80 Å². The third-order valence-corrected chi connectivity index (χ3v) is 18.4. The Morgan fingerprint density at radius 3 is 1.67 bits per heavy atom. The number of fused-ring (bicyclic) bond motifs is 5. The van der Waals surface area contributed by atoms with Gasteiger partial charge in [-0.15, -0.1) is 0 Å². The molecule has 2 atom stereocenters. The molecule has 1 aromatic heterocycles. The van der Waals surface area contributed by atoms with E-state index in [1.165, 1.54) is 107 Å². The molecule has 0 saturated heterocycles. The molecule has 0 saturated carbocycles. The third-order valence-electron chi connectivity index (χ3n) is 18.4. The molecule has 7 bridgehead atoms. The summed E-state index contributed by atoms with van der Waals surface area (Å²) in [6, 6.07) is 41.9. The van der Waals surface area contributed by atoms with Gasteiger partial charge < -0.3 is 9.32 Å². The summed E-state index contributed by atoms with van der Waals surface area (Å²) < 4.78 is 7.76. The minimum absolute atomic E-state index is 0.00523. The van der Waals surface area contributed by atoms with Crippen molar-refractivity contribution in [2.24, 2.45) is 0 Å². The van der Waals surface area contributed by atoms with Gasteiger partial charge in [0.05, 0.1) is 5.69 Å². The molecule has 6 aliphatic rings. The van der Waals surface area contributed by atoms with Crippen LogP contribution >= 0.6 is 0 Å². The Balaban J connectivity index is 1.25. The van der Waals surface area contributed by atoms with Gasteiger partial charge in [0.15, 0.2) is 0 Å². The first-order valence-electron chi connectivity index (χ1n) is 26.6. The molecule has 0 radical (unpaired) electrons. The number of benzene rings is 6. The molecule has 5 heterocycles. The summed E-state index contributed by atoms with van der Waals surface area (Å²) in [4.78, 5) is 5.15. The van der Waals surface area contributed by atoms with Gasteiger partial charge in [0, 0.05) is 39.2 Å². The Morgan fingerprint density at radius 1 is 0.486 bits per heavy atom. The average Bonchev–Trinajstić information content (AvgIpc) is 3.65. The third kappa shape index (κ3) is 6.59. The molecular weight excluding hydrogens is 848 g/mol. The molecule has 4 heteroatoms. The topological polar surface area (TPSA) is 19.6 Å². The minimum Gasteiger partial charge on any atom is -0.440 e. The van der Waals surface area contributed by atoms with Crippen LogP contribution in [0.2, 0.25) is 0 Å². The highest BCUT2D eigenvalue weighted by Crippen LogP contribution is 2.58. The maximum Gasteiger partial charge on any atom is 0.257 e. The number of hydrogen-bond acceptors (Lipinski definition) is 3. The fraction of sp³-hybridized carbons (Fsp3) is 0.424. The lowest BCUT2D eigenvalue weighted by Crippen LogP contribution is -2.61. The Bertz CT molecular complexity index is 3360. The molecular formula is C66H75BN2O. The summed E-state index contributed by atoms with van der Waals surface area (Å²) in [6.45, 7) is 38.5. The summed E-state index contributed by atoms with van der Waals surface area (Å²) in [5.41, 5.74) is 24.8. The van der Waals surface area contributed by atoms with Gasteiger partial charge in [-0.05, 0) is 193 Å². The standard InChI is InChI=1S/C66H75BN2O/c1-39-31-54-58-55(32-39)69-52-25-20-42(61(5,6)7)34-45(52)40-17-24-47-48(33-40)63(11,12)27-29-65(47,15)38-66(16)30-28-64(13,14)49-36-46-56(37-50(49)66)70-59(69)57(46)67(58)51-35-43(62(8,9)10)21-26-53(51)68(54)44-22-18-41(19-23-44)60(2,3)4/h17-26,31-37H,27-30,38H2,1-16H3. The average molecular weight is 923 g/mol. The van der Waals surface area contributed by atoms with Crippen LogP contribution in [0.15, 0.2) is 108 Å². The molecule has 4 aliphatic heterocycles. The van der Waals surface area contributed by atoms with E-state index < -0.39 is 0 Å². The Hall–Kier alpha value is -5.48. The summed E-state index contributed by atoms with van der Waals surface area (Å²) >= 11 is 0. The van der Waals surface area contributed by atoms with E-state index in [4.69, 9.17) is 4.42 Å². The lowest BCUT2D eigenvalue weighted by Gasteiger charge is -2.51. The quantitative estimate of drug-likeness (QED) is 0.153. The second-order valence-electron chi connectivity index (χ2n) is 27.7. The van der Waals surface area contributed by atoms with E-state index in [9.17, 15) is 0 Å². The molecule has 0 N–H and O–H groups in total. The van der Waals surface area contributed by atoms with Crippen LogP contribution in [-0.4, -0.2) is 6.71 Å². The van der Waals surface area contributed by atoms with Crippen LogP contribution in [0.3, 0.4) is 0 Å². The van der Waals surface area contributed by atoms with Gasteiger partial charge in [-0.3, -0.25) is 4.90 Å². The number of rotatable bonds is 1. The fourth-order valence-corrected chi connectivity index (χ4v) is 14.0. The maximum absolute atomic E-state index is 7.76. The first kappa shape index (κ1) is 45.6. The molecule has 0 spiro atoms. The van der Waals surface area contributed by atoms with Crippen LogP contribution in [0.4, 0.5) is 34.3 Å². The van der Waals surface area contributed by atoms with Crippen LogP contribution in [0, 0.1) is 6.92 Å². The smallest absolute Gasteiger partial charge is 0.257 e. The van der Waals surface area contributed by atoms with Crippen molar-refractivity contribution in [3.05, 3.63) is 148 Å². The number of furan rings is 1. The maximum atomic E-state index is 7.76. The van der Waals surface area contributed by atoms with Crippen molar-refractivity contribution in [3.8, 4) is 11.1 Å². The number of aryl methyl sites for hydroxylation is 1. The Morgan fingerprint density at radius 2 is 1.04 bits per heavy atom. The highest BCUT2D eigenvalue weighted by Gasteiger charge is 2.51. The van der Waals surface area contributed by atoms with Crippen LogP contribution in [-0.2, 0) is 37.9 Å². The Labute approximate surface area is 420 Å². The van der Waals surface area contributed by atoms with Gasteiger partial charge >= 0.3 is 0 Å². The molecule has 2 unspecified atom stereocenters. The monoisotopic (exact) mass is 923 g/mol. The first-order valence-corrected chi connectivity index (χ1v) is 26.6. The fourth-order valence-electron chi connectivity index (χ4n) is 14.0. The highest BCUT2D eigenvalue weighted by atomic mass is 16.4. The van der Waals surface area contributed by atoms with Crippen LogP contribution in [0.25, 0.3) is 22.1 Å². The van der Waals surface area contributed by atoms with E-state index in [0.29, 0.717) is 0 Å². The van der Waals surface area contributed by atoms with Gasteiger partial charge in [0.25, 0.3) is 6.71 Å². The molecule has 358 valence electrons. The molecule has 7 aromatic rings. The van der Waals surface area contributed by atoms with Gasteiger partial charge in [0.2, 0.25) is 5.88 Å². The lowest BCUT2D eigenvalue weighted by molar-refractivity contribution is 0.208. The van der Waals surface area contributed by atoms with Crippen molar-refractivity contribution >= 4 is 68.4 Å². The van der Waals surface area contributed by atoms with E-state index in [-0.39, 0.29) is 44.6 Å². The zero-order valence-electron chi connectivity index (χ0n) is 45.2. The van der Waals surface area contributed by atoms with Crippen LogP contribution in [0.1, 0.15) is 180 Å². The van der Waals surface area contributed by atoms with E-state index in [2.05, 4.69) is 224 Å². The van der Waals surface area contributed by atoms with Crippen molar-refractivity contribution in [3.63, 3.8) is 0 Å². The normalized spacial score (nSPS) is 21.7. The van der Waals surface area contributed by atoms with Gasteiger partial charge in [0.1, 0.15) is 5.58 Å². The largest absolute Gasteiger partial charge is 0.440 e. The number of hydrogen-bond donors (Lipinski definition) is 0. The molecule has 70 heavy (non-hydrogen) atoms. The number of anilines is 6. The second kappa shape index (κ2) is 14.4. The first-order chi connectivity index (χ1) is 32.7. The predicted octanol–water partition coefficient (Wildman–Crippen LogP) is 16.4. The molecule has 3 nitrogen and oxygen atoms in total. The van der Waals surface area contributed by atoms with Crippen molar-refractivity contribution in [1.82, 2.24) is 0 Å². The summed E-state index contributed by atoms with van der Waals surface area (Å²) in [6.07, 6.45) is 5.78. The predicted molar refractivity (Wildman–Crippen MR) is 300 cm³/mol. The van der Waals surface area contributed by atoms with Crippen LogP contribution in [0.5, 0.6) is 0 Å². The Kier molecular flexibility index (Phi) is 9.36. The van der Waals surface area contributed by atoms with Crippen molar-refractivity contribution in [1.29, 1.82) is 0 Å². The van der Waals surface area contributed by atoms with E-state index >= 15 is 0 Å². The molecule has 0 amide bonds. The zero-order valence-corrected chi connectivity index (χ0v) is 45.2. The van der Waals surface area contributed by atoms with Crippen LogP contribution < -0.4 is 26.2 Å². The summed E-state index contributed by atoms with van der Waals surface area (Å²) in [7, 11) is 0. The summed E-state index contributed by atoms with van der Waals surface area (Å²) in [5.74, 6) is 0.951. The highest BCUT2D eigenvalue weighted by molar-refractivity contribution is 7.01. The van der Waals surface area contributed by atoms with E-state index in [1.807, 2.05) is 0 Å². The molecule has 0 fully saturated rings. The lowest BCUT2D eigenvalue weighted by atomic mass is 9.33. The SMILES string of the molecule is Cc1cc2c3c(c1)N1c4ccc(C(C)(C)C)cc4-c4ccc5c(c4)C(C)(C)CCC5(C)CC4(C)CCC(C)(C)c5cc6c(c1oc6cc54)B3c1cc(C(C)(C)C)ccc1N2c1ccc(C(C)(C)C)cc1. The zero-order chi connectivity index (χ0) is 49.6. The second-order valence-corrected chi connectivity index (χ2v) is 27.7. The van der Waals surface area contributed by atoms with Gasteiger partial charge in [-0.1, -0.05) is 152 Å². The van der Waals surface area contributed by atoms with Gasteiger partial charge in [-0.25, -0.2) is 0 Å². The van der Waals surface area contributed by atoms with Gasteiger partial charge in [-0.2, -0.15) is 0 Å². The van der Waals surface area contributed by atoms with Crippen molar-refractivity contribution in [2.45, 2.75) is 181 Å². The molecule has 13 rings (SSSR count). The minimum atomic E-state index is -0.0617. The summed E-state index contributed by atoms with van der Waals surface area (Å²) in [5, 5.41) is 1.25. The van der Waals surface area contributed by atoms with E-state index in [0.717, 1.165) is 36.4 Å². The molecule has 6 aromatic carbocycles. The van der Waals surface area contributed by atoms with Crippen molar-refractivity contribution < 1.29 is 4.42 Å².